The first-order chi connectivity index (χ1) is 5.61. The van der Waals surface area contributed by atoms with Gasteiger partial charge in [0.1, 0.15) is 0 Å². The van der Waals surface area contributed by atoms with Crippen LogP contribution in [0.25, 0.3) is 0 Å². The first-order valence-electron chi connectivity index (χ1n) is 3.23. The molecule has 7 nitrogen and oxygen atoms in total. The van der Waals surface area contributed by atoms with Crippen LogP contribution in [-0.4, -0.2) is 30.7 Å². The fourth-order valence-electron chi connectivity index (χ4n) is 1.08. The monoisotopic (exact) mass is 259 g/mol. The van der Waals surface area contributed by atoms with E-state index in [1.54, 1.807) is 12.1 Å². The van der Waals surface area contributed by atoms with E-state index in [4.69, 9.17) is 0 Å². The second-order valence-corrected chi connectivity index (χ2v) is 3.94. The standard InChI is InChI=1S/C7H5NO3S.Na.3H2O/c9-7-5-3-1-2-4-6(5)12(10,11)8-7;;;;/h1-4H,(H,8,9);;3*1H2/q;+1;;;/p-1. The summed E-state index contributed by atoms with van der Waals surface area (Å²) in [5, 5.41) is 10.9. The zero-order valence-electron chi connectivity index (χ0n) is 8.39. The molecule has 1 heterocycles. The number of hydrogen-bond acceptors (Lipinski definition) is 3. The maximum Gasteiger partial charge on any atom is 1.00 e. The molecule has 0 atom stereocenters. The van der Waals surface area contributed by atoms with Crippen molar-refractivity contribution < 1.29 is 59.5 Å². The van der Waals surface area contributed by atoms with Crippen LogP contribution in [0.1, 0.15) is 5.56 Å². The van der Waals surface area contributed by atoms with Gasteiger partial charge in [-0.2, -0.15) is 12.8 Å². The number of rotatable bonds is 0. The maximum absolute atomic E-state index is 11.1. The Hall–Kier alpha value is -0.480. The average Bonchev–Trinajstić information content (AvgIpc) is 2.25. The summed E-state index contributed by atoms with van der Waals surface area (Å²) in [6, 6.07) is 5.99. The van der Waals surface area contributed by atoms with Crippen LogP contribution in [0.5, 0.6) is 0 Å². The second kappa shape index (κ2) is 6.97. The summed E-state index contributed by atoms with van der Waals surface area (Å²) in [6.07, 6.45) is 0. The van der Waals surface area contributed by atoms with E-state index in [2.05, 4.69) is 4.40 Å². The Bertz CT molecular complexity index is 472. The van der Waals surface area contributed by atoms with Crippen molar-refractivity contribution in [1.29, 1.82) is 0 Å². The third-order valence-electron chi connectivity index (χ3n) is 1.60. The van der Waals surface area contributed by atoms with E-state index >= 15 is 0 Å². The molecule has 0 bridgehead atoms. The molecule has 0 aromatic heterocycles. The van der Waals surface area contributed by atoms with Crippen LogP contribution in [0, 0.1) is 0 Å². The largest absolute Gasteiger partial charge is 1.00 e. The quantitative estimate of drug-likeness (QED) is 0.424. The Balaban J connectivity index is -0.000000422. The number of fused-ring (bicyclic) bond motifs is 1. The van der Waals surface area contributed by atoms with Gasteiger partial charge >= 0.3 is 29.6 Å². The molecule has 0 saturated heterocycles. The zero-order chi connectivity index (χ0) is 8.77. The van der Waals surface area contributed by atoms with Crippen molar-refractivity contribution in [3.05, 3.63) is 29.8 Å². The van der Waals surface area contributed by atoms with Gasteiger partial charge in [0.15, 0.2) is 0 Å². The van der Waals surface area contributed by atoms with Crippen molar-refractivity contribution in [3.8, 4) is 0 Å². The summed E-state index contributed by atoms with van der Waals surface area (Å²) in [5.74, 6) is -0.675. The first-order valence-corrected chi connectivity index (χ1v) is 4.67. The molecule has 0 radical (unpaired) electrons. The minimum absolute atomic E-state index is 0. The first kappa shape index (κ1) is 20.9. The van der Waals surface area contributed by atoms with Gasteiger partial charge in [-0.15, -0.1) is 0 Å². The summed E-state index contributed by atoms with van der Waals surface area (Å²) in [7, 11) is -3.68. The van der Waals surface area contributed by atoms with Crippen LogP contribution in [0.2, 0.25) is 0 Å². The van der Waals surface area contributed by atoms with E-state index in [1.807, 2.05) is 0 Å². The van der Waals surface area contributed by atoms with Crippen molar-refractivity contribution in [2.75, 3.05) is 0 Å². The summed E-state index contributed by atoms with van der Waals surface area (Å²) in [6.45, 7) is 0. The van der Waals surface area contributed by atoms with E-state index < -0.39 is 15.9 Å². The number of hydrogen-bond donors (Lipinski definition) is 0. The van der Waals surface area contributed by atoms with Gasteiger partial charge in [-0.1, -0.05) is 18.2 Å². The molecule has 0 saturated carbocycles. The van der Waals surface area contributed by atoms with E-state index in [0.29, 0.717) is 0 Å². The van der Waals surface area contributed by atoms with Crippen LogP contribution in [-0.2, 0) is 10.0 Å². The minimum atomic E-state index is -3.68. The Kier molecular flexibility index (Phi) is 9.09. The number of benzene rings is 1. The topological polar surface area (TPSA) is 164 Å². The normalized spacial score (nSPS) is 13.9. The molecule has 16 heavy (non-hydrogen) atoms. The Morgan fingerprint density at radius 3 is 2.06 bits per heavy atom. The minimum Gasteiger partial charge on any atom is -0.858 e. The van der Waals surface area contributed by atoms with Crippen LogP contribution in [0.3, 0.4) is 0 Å². The molecule has 2 rings (SSSR count). The van der Waals surface area contributed by atoms with E-state index in [0.717, 1.165) is 0 Å². The van der Waals surface area contributed by atoms with Gasteiger partial charge in [-0.05, 0) is 6.07 Å². The summed E-state index contributed by atoms with van der Waals surface area (Å²) >= 11 is 0. The van der Waals surface area contributed by atoms with E-state index in [1.165, 1.54) is 12.1 Å². The SMILES string of the molecule is O.O.O.O=S1(=O)N=C([O-])c2ccccc21.[Na+]. The fraction of sp³-hybridized carbons (Fsp3) is 0. The number of sulfonamides is 1. The molecular formula is C7H10NNaO6S. The Morgan fingerprint density at radius 2 is 1.56 bits per heavy atom. The van der Waals surface area contributed by atoms with Gasteiger partial charge < -0.3 is 21.5 Å². The molecule has 0 aliphatic carbocycles. The second-order valence-electron chi connectivity index (χ2n) is 2.37. The fourth-order valence-corrected chi connectivity index (χ4v) is 2.17. The molecule has 0 fully saturated rings. The van der Waals surface area contributed by atoms with Crippen molar-refractivity contribution in [3.63, 3.8) is 0 Å². The molecule has 0 amide bonds. The van der Waals surface area contributed by atoms with E-state index in [-0.39, 0.29) is 56.4 Å². The van der Waals surface area contributed by atoms with Crippen molar-refractivity contribution in [1.82, 2.24) is 0 Å². The Labute approximate surface area is 114 Å². The summed E-state index contributed by atoms with van der Waals surface area (Å²) < 4.78 is 25.2. The van der Waals surface area contributed by atoms with Crippen molar-refractivity contribution in [2.45, 2.75) is 4.90 Å². The van der Waals surface area contributed by atoms with Crippen LogP contribution < -0.4 is 34.7 Å². The molecule has 0 unspecified atom stereocenters. The third kappa shape index (κ3) is 3.25. The van der Waals surface area contributed by atoms with Crippen LogP contribution >= 0.6 is 0 Å². The molecule has 1 aromatic carbocycles. The van der Waals surface area contributed by atoms with Gasteiger partial charge in [-0.25, -0.2) is 0 Å². The van der Waals surface area contributed by atoms with Gasteiger partial charge in [-0.3, -0.25) is 0 Å². The van der Waals surface area contributed by atoms with Gasteiger partial charge in [0.05, 0.1) is 4.90 Å². The Morgan fingerprint density at radius 1 is 1.06 bits per heavy atom. The molecular weight excluding hydrogens is 249 g/mol. The number of nitrogens with zero attached hydrogens (tertiary/aromatic N) is 1. The summed E-state index contributed by atoms with van der Waals surface area (Å²) in [4.78, 5) is 0.00926. The molecule has 6 N–H and O–H groups in total. The molecule has 0 spiro atoms. The molecule has 1 aliphatic rings. The molecule has 9 heteroatoms. The van der Waals surface area contributed by atoms with E-state index in [9.17, 15) is 13.5 Å². The van der Waals surface area contributed by atoms with Crippen molar-refractivity contribution in [2.24, 2.45) is 4.40 Å². The maximum atomic E-state index is 11.1. The van der Waals surface area contributed by atoms with Crippen LogP contribution in [0.15, 0.2) is 33.6 Å². The average molecular weight is 259 g/mol. The van der Waals surface area contributed by atoms with Crippen LogP contribution in [0.4, 0.5) is 0 Å². The predicted molar refractivity (Wildman–Crippen MR) is 51.0 cm³/mol. The van der Waals surface area contributed by atoms with Gasteiger partial charge in [0, 0.05) is 11.5 Å². The zero-order valence-corrected chi connectivity index (χ0v) is 11.2. The third-order valence-corrected chi connectivity index (χ3v) is 2.92. The molecule has 1 aliphatic heterocycles. The van der Waals surface area contributed by atoms with Crippen molar-refractivity contribution >= 4 is 15.9 Å². The molecule has 1 aromatic rings. The van der Waals surface area contributed by atoms with Gasteiger partial charge in [0.2, 0.25) is 0 Å². The molecule has 86 valence electrons. The van der Waals surface area contributed by atoms with Gasteiger partial charge in [0.25, 0.3) is 10.0 Å². The smallest absolute Gasteiger partial charge is 0.858 e. The predicted octanol–water partition coefficient (Wildman–Crippen LogP) is -5.97. The summed E-state index contributed by atoms with van der Waals surface area (Å²) in [5.41, 5.74) is 0.164.